The van der Waals surface area contributed by atoms with Crippen LogP contribution in [-0.2, 0) is 9.59 Å². The number of hydrogen-bond donors (Lipinski definition) is 2. The fraction of sp³-hybridized carbons (Fsp3) is 0.857. The molecule has 0 heterocycles. The van der Waals surface area contributed by atoms with Crippen molar-refractivity contribution in [1.29, 1.82) is 0 Å². The van der Waals surface area contributed by atoms with E-state index in [0.717, 1.165) is 19.3 Å². The molecule has 0 spiro atoms. The second kappa shape index (κ2) is 12.3. The van der Waals surface area contributed by atoms with E-state index in [1.165, 1.54) is 12.8 Å². The van der Waals surface area contributed by atoms with E-state index >= 15 is 0 Å². The van der Waals surface area contributed by atoms with E-state index in [0.29, 0.717) is 5.92 Å². The molecule has 19 heavy (non-hydrogen) atoms. The molecular formula is C14H27KO4. The zero-order valence-corrected chi connectivity index (χ0v) is 11.7. The summed E-state index contributed by atoms with van der Waals surface area (Å²) in [6.45, 7) is 6.21. The molecule has 4 nitrogen and oxygen atoms in total. The Hall–Kier alpha value is 0.576. The van der Waals surface area contributed by atoms with Crippen molar-refractivity contribution >= 4 is 63.3 Å². The van der Waals surface area contributed by atoms with Gasteiger partial charge in [0.1, 0.15) is 0 Å². The Kier molecular flexibility index (Phi) is 14.2. The molecule has 0 aromatic rings. The molecular weight excluding hydrogens is 271 g/mol. The number of rotatable bonds is 10. The molecule has 5 heteroatoms. The van der Waals surface area contributed by atoms with Crippen LogP contribution in [-0.4, -0.2) is 73.5 Å². The van der Waals surface area contributed by atoms with Crippen LogP contribution >= 0.6 is 0 Å². The van der Waals surface area contributed by atoms with Gasteiger partial charge in [0.2, 0.25) is 0 Å². The Balaban J connectivity index is 0. The second-order valence-corrected chi connectivity index (χ2v) is 5.32. The normalized spacial score (nSPS) is 12.3. The first-order chi connectivity index (χ1) is 8.40. The van der Waals surface area contributed by atoms with Crippen LogP contribution in [0, 0.1) is 17.8 Å². The minimum absolute atomic E-state index is 0. The van der Waals surface area contributed by atoms with Crippen molar-refractivity contribution < 1.29 is 19.8 Å². The van der Waals surface area contributed by atoms with Crippen molar-refractivity contribution in [2.45, 2.75) is 59.3 Å². The van der Waals surface area contributed by atoms with Crippen LogP contribution in [0.2, 0.25) is 0 Å². The Morgan fingerprint density at radius 1 is 1.00 bits per heavy atom. The van der Waals surface area contributed by atoms with E-state index in [-0.39, 0.29) is 63.7 Å². The van der Waals surface area contributed by atoms with Gasteiger partial charge in [-0.05, 0) is 18.3 Å². The van der Waals surface area contributed by atoms with Gasteiger partial charge in [-0.1, -0.05) is 52.9 Å². The molecule has 0 aliphatic carbocycles. The van der Waals surface area contributed by atoms with Crippen LogP contribution in [0.25, 0.3) is 0 Å². The van der Waals surface area contributed by atoms with Crippen LogP contribution in [0.5, 0.6) is 0 Å². The molecule has 0 bridgehead atoms. The number of unbranched alkanes of at least 4 members (excludes halogenated alkanes) is 3. The van der Waals surface area contributed by atoms with Gasteiger partial charge in [0.15, 0.2) is 5.92 Å². The molecule has 1 atom stereocenters. The van der Waals surface area contributed by atoms with Gasteiger partial charge in [0, 0.05) is 0 Å². The fourth-order valence-corrected chi connectivity index (χ4v) is 2.17. The zero-order chi connectivity index (χ0) is 14.1. The van der Waals surface area contributed by atoms with E-state index < -0.39 is 17.9 Å². The number of carboxylic acids is 2. The van der Waals surface area contributed by atoms with E-state index in [2.05, 4.69) is 6.92 Å². The average Bonchev–Trinajstić information content (AvgIpc) is 2.26. The van der Waals surface area contributed by atoms with Crippen LogP contribution < -0.4 is 0 Å². The maximum absolute atomic E-state index is 10.9. The summed E-state index contributed by atoms with van der Waals surface area (Å²) in [6.07, 6.45) is 5.72. The zero-order valence-electron chi connectivity index (χ0n) is 11.7. The van der Waals surface area contributed by atoms with E-state index in [9.17, 15) is 9.59 Å². The Labute approximate surface area is 158 Å². The molecule has 0 aliphatic heterocycles. The summed E-state index contributed by atoms with van der Waals surface area (Å²) in [6, 6.07) is 0. The van der Waals surface area contributed by atoms with Gasteiger partial charge in [0.05, 0.1) is 0 Å². The van der Waals surface area contributed by atoms with Gasteiger partial charge in [-0.25, -0.2) is 0 Å². The average molecular weight is 298 g/mol. The molecule has 2 N–H and O–H groups in total. The van der Waals surface area contributed by atoms with Gasteiger partial charge in [-0.2, -0.15) is 0 Å². The summed E-state index contributed by atoms with van der Waals surface area (Å²) in [5.74, 6) is -3.20. The number of hydrogen-bond acceptors (Lipinski definition) is 2. The van der Waals surface area contributed by atoms with Crippen molar-refractivity contribution in [3.63, 3.8) is 0 Å². The predicted octanol–water partition coefficient (Wildman–Crippen LogP) is 2.76. The van der Waals surface area contributed by atoms with Crippen LogP contribution in [0.3, 0.4) is 0 Å². The molecule has 0 amide bonds. The third-order valence-electron chi connectivity index (χ3n) is 3.51. The van der Waals surface area contributed by atoms with Crippen LogP contribution in [0.15, 0.2) is 0 Å². The standard InChI is InChI=1S/C14H26O4.K.H/c1-4-5-6-7-8-11(10(2)3)9-12(13(15)16)14(17)18;;/h10-12H,4-9H2,1-3H3,(H,15,16)(H,17,18);;. The molecule has 0 radical (unpaired) electrons. The van der Waals surface area contributed by atoms with Crippen molar-refractivity contribution in [2.75, 3.05) is 0 Å². The first-order valence-corrected chi connectivity index (χ1v) is 6.85. The second-order valence-electron chi connectivity index (χ2n) is 5.32. The molecule has 108 valence electrons. The summed E-state index contributed by atoms with van der Waals surface area (Å²) >= 11 is 0. The molecule has 1 unspecified atom stereocenters. The third-order valence-corrected chi connectivity index (χ3v) is 3.51. The fourth-order valence-electron chi connectivity index (χ4n) is 2.17. The van der Waals surface area contributed by atoms with Crippen LogP contribution in [0.4, 0.5) is 0 Å². The summed E-state index contributed by atoms with van der Waals surface area (Å²) in [5.41, 5.74) is 0. The Bertz CT molecular complexity index is 252. The van der Waals surface area contributed by atoms with Crippen molar-refractivity contribution in [3.05, 3.63) is 0 Å². The van der Waals surface area contributed by atoms with Gasteiger partial charge in [0.25, 0.3) is 0 Å². The molecule has 0 saturated heterocycles. The first kappa shape index (κ1) is 21.9. The molecule has 0 rings (SSSR count). The number of aliphatic carboxylic acids is 2. The number of carboxylic acid groups (broad SMARTS) is 2. The third kappa shape index (κ3) is 10.0. The van der Waals surface area contributed by atoms with E-state index in [4.69, 9.17) is 10.2 Å². The molecule has 0 aromatic carbocycles. The Morgan fingerprint density at radius 3 is 1.89 bits per heavy atom. The molecule has 0 saturated carbocycles. The predicted molar refractivity (Wildman–Crippen MR) is 77.6 cm³/mol. The van der Waals surface area contributed by atoms with Gasteiger partial charge >= 0.3 is 63.3 Å². The summed E-state index contributed by atoms with van der Waals surface area (Å²) in [4.78, 5) is 21.8. The molecule has 0 aromatic heterocycles. The minimum atomic E-state index is -1.26. The summed E-state index contributed by atoms with van der Waals surface area (Å²) in [7, 11) is 0. The topological polar surface area (TPSA) is 74.6 Å². The molecule has 0 fully saturated rings. The molecule has 0 aliphatic rings. The van der Waals surface area contributed by atoms with Crippen LogP contribution in [0.1, 0.15) is 59.3 Å². The summed E-state index contributed by atoms with van der Waals surface area (Å²) in [5, 5.41) is 17.8. The van der Waals surface area contributed by atoms with Gasteiger partial charge in [-0.3, -0.25) is 9.59 Å². The number of carbonyl (C=O) groups is 2. The first-order valence-electron chi connectivity index (χ1n) is 6.85. The van der Waals surface area contributed by atoms with Crippen molar-refractivity contribution in [1.82, 2.24) is 0 Å². The van der Waals surface area contributed by atoms with E-state index in [1.54, 1.807) is 0 Å². The monoisotopic (exact) mass is 298 g/mol. The maximum atomic E-state index is 10.9. The SMILES string of the molecule is CCCCCCC(CC(C(=O)O)C(=O)O)C(C)C.[KH]. The van der Waals surface area contributed by atoms with Crippen molar-refractivity contribution in [2.24, 2.45) is 17.8 Å². The summed E-state index contributed by atoms with van der Waals surface area (Å²) < 4.78 is 0. The quantitative estimate of drug-likeness (QED) is 0.369. The van der Waals surface area contributed by atoms with Gasteiger partial charge < -0.3 is 10.2 Å². The Morgan fingerprint density at radius 2 is 1.53 bits per heavy atom. The van der Waals surface area contributed by atoms with Crippen molar-refractivity contribution in [3.8, 4) is 0 Å². The van der Waals surface area contributed by atoms with Gasteiger partial charge in [-0.15, -0.1) is 0 Å². The van der Waals surface area contributed by atoms with E-state index in [1.807, 2.05) is 13.8 Å².